The first-order valence-corrected chi connectivity index (χ1v) is 13.2. The highest BCUT2D eigenvalue weighted by Crippen LogP contribution is 2.22. The van der Waals surface area contributed by atoms with Gasteiger partial charge in [0.1, 0.15) is 0 Å². The molecule has 38 heavy (non-hydrogen) atoms. The lowest BCUT2D eigenvalue weighted by Gasteiger charge is -2.04. The van der Waals surface area contributed by atoms with Crippen LogP contribution in [-0.4, -0.2) is 29.1 Å². The van der Waals surface area contributed by atoms with Crippen molar-refractivity contribution in [1.82, 2.24) is 29.6 Å². The van der Waals surface area contributed by atoms with Crippen molar-refractivity contribution < 1.29 is 8.73 Å². The normalized spacial score (nSPS) is 12.2. The molecule has 1 atom stereocenters. The zero-order valence-corrected chi connectivity index (χ0v) is 21.2. The van der Waals surface area contributed by atoms with Gasteiger partial charge in [-0.05, 0) is 29.1 Å². The van der Waals surface area contributed by atoms with Crippen molar-refractivity contribution in [2.45, 2.75) is 12.3 Å². The van der Waals surface area contributed by atoms with Crippen molar-refractivity contribution in [2.75, 3.05) is 0 Å². The number of benzene rings is 2. The lowest BCUT2D eigenvalue weighted by molar-refractivity contribution is 0.377. The summed E-state index contributed by atoms with van der Waals surface area (Å²) in [6, 6.07) is 20.6. The molecule has 0 radical (unpaired) electrons. The molecule has 188 valence electrons. The van der Waals surface area contributed by atoms with Gasteiger partial charge in [-0.15, -0.1) is 0 Å². The summed E-state index contributed by atoms with van der Waals surface area (Å²) < 4.78 is 22.7. The molecule has 0 aliphatic rings. The van der Waals surface area contributed by atoms with Crippen molar-refractivity contribution in [2.24, 2.45) is 7.05 Å². The zero-order valence-electron chi connectivity index (χ0n) is 20.4. The first-order chi connectivity index (χ1) is 18.5. The maximum absolute atomic E-state index is 13.6. The number of hydrogen-bond acceptors (Lipinski definition) is 7. The Morgan fingerprint density at radius 1 is 0.947 bits per heavy atom. The van der Waals surface area contributed by atoms with Gasteiger partial charge in [0.15, 0.2) is 5.43 Å². The third-order valence-corrected chi connectivity index (χ3v) is 7.23. The smallest absolute Gasteiger partial charge is 0.241 e. The van der Waals surface area contributed by atoms with E-state index in [1.165, 1.54) is 0 Å². The number of hydrogen-bond donors (Lipinski definition) is 1. The van der Waals surface area contributed by atoms with E-state index in [0.717, 1.165) is 27.6 Å². The van der Waals surface area contributed by atoms with Crippen LogP contribution in [0.25, 0.3) is 44.2 Å². The summed E-state index contributed by atoms with van der Waals surface area (Å²) in [4.78, 5) is 22.4. The Morgan fingerprint density at radius 2 is 1.79 bits per heavy atom. The zero-order chi connectivity index (χ0) is 26.1. The largest absolute Gasteiger partial charge is 0.338 e. The van der Waals surface area contributed by atoms with E-state index >= 15 is 0 Å². The van der Waals surface area contributed by atoms with Gasteiger partial charge < -0.3 is 4.52 Å². The van der Waals surface area contributed by atoms with E-state index < -0.39 is 11.0 Å². The Hall–Kier alpha value is -4.54. The Kier molecular flexibility index (Phi) is 6.32. The van der Waals surface area contributed by atoms with E-state index in [0.29, 0.717) is 28.0 Å². The van der Waals surface area contributed by atoms with E-state index in [1.54, 1.807) is 23.1 Å². The van der Waals surface area contributed by atoms with Crippen molar-refractivity contribution in [3.63, 3.8) is 0 Å². The predicted molar refractivity (Wildman–Crippen MR) is 146 cm³/mol. The maximum Gasteiger partial charge on any atom is 0.241 e. The predicted octanol–water partition coefficient (Wildman–Crippen LogP) is 4.15. The molecule has 1 N–H and O–H groups in total. The summed E-state index contributed by atoms with van der Waals surface area (Å²) in [7, 11) is 0.419. The number of fused-ring (bicyclic) bond motifs is 2. The van der Waals surface area contributed by atoms with Crippen LogP contribution < -0.4 is 10.2 Å². The molecule has 0 aliphatic heterocycles. The van der Waals surface area contributed by atoms with E-state index in [2.05, 4.69) is 24.9 Å². The fourth-order valence-electron chi connectivity index (χ4n) is 4.24. The van der Waals surface area contributed by atoms with Crippen LogP contribution in [0, 0.1) is 0 Å². The van der Waals surface area contributed by atoms with Crippen LogP contribution in [0.15, 0.2) is 94.6 Å². The summed E-state index contributed by atoms with van der Waals surface area (Å²) in [6.07, 6.45) is 5.37. The molecule has 0 saturated heterocycles. The van der Waals surface area contributed by atoms with Crippen LogP contribution in [0.4, 0.5) is 0 Å². The topological polar surface area (TPSA) is 116 Å². The van der Waals surface area contributed by atoms with E-state index in [1.807, 2.05) is 73.9 Å². The minimum atomic E-state index is -1.42. The second-order valence-corrected chi connectivity index (χ2v) is 10.1. The first-order valence-electron chi connectivity index (χ1n) is 11.9. The van der Waals surface area contributed by atoms with Crippen LogP contribution in [0.5, 0.6) is 0 Å². The quantitative estimate of drug-likeness (QED) is 0.335. The third-order valence-electron chi connectivity index (χ3n) is 6.17. The van der Waals surface area contributed by atoms with Crippen LogP contribution in [0.3, 0.4) is 0 Å². The number of aromatic nitrogens is 5. The van der Waals surface area contributed by atoms with Crippen molar-refractivity contribution >= 4 is 32.7 Å². The molecule has 10 heteroatoms. The molecule has 9 nitrogen and oxygen atoms in total. The minimum absolute atomic E-state index is 0.127. The molecule has 0 saturated carbocycles. The van der Waals surface area contributed by atoms with E-state index in [9.17, 15) is 9.00 Å². The number of nitrogens with zero attached hydrogens (tertiary/aromatic N) is 5. The summed E-state index contributed by atoms with van der Waals surface area (Å²) in [5.74, 6) is 1.03. The highest BCUT2D eigenvalue weighted by atomic mass is 32.2. The second-order valence-electron chi connectivity index (χ2n) is 8.83. The fourth-order valence-corrected chi connectivity index (χ4v) is 5.11. The second kappa shape index (κ2) is 10.1. The van der Waals surface area contributed by atoms with Gasteiger partial charge in [-0.2, -0.15) is 10.1 Å². The SMILES string of the molecule is Cn1cc(-c2cnc3ccc4ccc(CS(=O)NCc5nc(-c6ccccc6)no5)cc4c(=O)c3c2)cn1. The van der Waals surface area contributed by atoms with Crippen LogP contribution in [-0.2, 0) is 30.3 Å². The number of nitrogens with one attached hydrogen (secondary N) is 1. The standard InChI is InChI=1S/C28H22N6O3S/c1-34-16-22(14-30-34)21-12-24-25(29-13-21)10-9-19-8-7-18(11-23(19)27(24)35)17-38(36)31-15-26-32-28(33-37-26)20-5-3-2-4-6-20/h2-14,16,31H,15,17H2,1H3. The molecule has 0 bridgehead atoms. The molecule has 6 aromatic rings. The molecule has 0 aliphatic carbocycles. The van der Waals surface area contributed by atoms with Gasteiger partial charge in [0.05, 0.1) is 35.0 Å². The summed E-state index contributed by atoms with van der Waals surface area (Å²) in [5, 5.41) is 10.0. The molecule has 3 heterocycles. The highest BCUT2D eigenvalue weighted by molar-refractivity contribution is 7.82. The number of pyridine rings is 1. The Bertz CT molecular complexity index is 1870. The molecule has 3 aromatic carbocycles. The van der Waals surface area contributed by atoms with Gasteiger partial charge in [-0.3, -0.25) is 14.5 Å². The lowest BCUT2D eigenvalue weighted by atomic mass is 10.1. The van der Waals surface area contributed by atoms with Crippen molar-refractivity contribution in [3.8, 4) is 22.5 Å². The van der Waals surface area contributed by atoms with Gasteiger partial charge in [-0.1, -0.05) is 53.7 Å². The van der Waals surface area contributed by atoms with Gasteiger partial charge in [0.25, 0.3) is 0 Å². The van der Waals surface area contributed by atoms with Crippen LogP contribution >= 0.6 is 0 Å². The van der Waals surface area contributed by atoms with Crippen molar-refractivity contribution in [1.29, 1.82) is 0 Å². The summed E-state index contributed by atoms with van der Waals surface area (Å²) >= 11 is 0. The van der Waals surface area contributed by atoms with E-state index in [4.69, 9.17) is 4.52 Å². The van der Waals surface area contributed by atoms with E-state index in [-0.39, 0.29) is 17.7 Å². The van der Waals surface area contributed by atoms with Crippen LogP contribution in [0.1, 0.15) is 11.5 Å². The third kappa shape index (κ3) is 4.86. The first kappa shape index (κ1) is 23.8. The van der Waals surface area contributed by atoms with Gasteiger partial charge in [0, 0.05) is 46.9 Å². The van der Waals surface area contributed by atoms with Gasteiger partial charge in [0.2, 0.25) is 11.7 Å². The number of rotatable bonds is 7. The Balaban J connectivity index is 1.23. The monoisotopic (exact) mass is 522 g/mol. The summed E-state index contributed by atoms with van der Waals surface area (Å²) in [6.45, 7) is 0.162. The maximum atomic E-state index is 13.6. The van der Waals surface area contributed by atoms with Crippen molar-refractivity contribution in [3.05, 3.63) is 107 Å². The highest BCUT2D eigenvalue weighted by Gasteiger charge is 2.12. The fraction of sp³-hybridized carbons (Fsp3) is 0.107. The lowest BCUT2D eigenvalue weighted by Crippen LogP contribution is -2.18. The Labute approximate surface area is 219 Å². The minimum Gasteiger partial charge on any atom is -0.338 e. The van der Waals surface area contributed by atoms with Gasteiger partial charge >= 0.3 is 0 Å². The molecular weight excluding hydrogens is 500 g/mol. The average Bonchev–Trinajstić information content (AvgIpc) is 3.57. The Morgan fingerprint density at radius 3 is 2.61 bits per heavy atom. The molecule has 1 unspecified atom stereocenters. The molecule has 6 rings (SSSR count). The number of aryl methyl sites for hydroxylation is 1. The molecular formula is C28H22N6O3S. The molecule has 0 fully saturated rings. The molecule has 3 aromatic heterocycles. The molecule has 0 amide bonds. The molecule has 0 spiro atoms. The van der Waals surface area contributed by atoms with Gasteiger partial charge in [-0.25, -0.2) is 8.93 Å². The van der Waals surface area contributed by atoms with Crippen LogP contribution in [0.2, 0.25) is 0 Å². The summed E-state index contributed by atoms with van der Waals surface area (Å²) in [5.41, 5.74) is 3.80. The average molecular weight is 523 g/mol.